The fraction of sp³-hybridized carbons (Fsp3) is 0.800. The highest BCUT2D eigenvalue weighted by Crippen LogP contribution is 2.37. The van der Waals surface area contributed by atoms with Gasteiger partial charge in [-0.25, -0.2) is 0 Å². The highest BCUT2D eigenvalue weighted by atomic mass is 16.5. The van der Waals surface area contributed by atoms with Crippen LogP contribution in [0.2, 0.25) is 0 Å². The zero-order valence-corrected chi connectivity index (χ0v) is 13.3. The molecule has 0 aliphatic heterocycles. The summed E-state index contributed by atoms with van der Waals surface area (Å²) in [6, 6.07) is 0. The average Bonchev–Trinajstić information content (AvgIpc) is 2.33. The van der Waals surface area contributed by atoms with E-state index in [1.54, 1.807) is 0 Å². The quantitative estimate of drug-likeness (QED) is 0.484. The monoisotopic (exact) mass is 302 g/mol. The summed E-state index contributed by atoms with van der Waals surface area (Å²) in [6.45, 7) is 5.70. The summed E-state index contributed by atoms with van der Waals surface area (Å²) < 4.78 is 4.94. The minimum absolute atomic E-state index is 0.185. The smallest absolute Gasteiger partial charge is 0.302 e. The molecular weight excluding hydrogens is 276 g/mol. The van der Waals surface area contributed by atoms with Crippen LogP contribution in [-0.2, 0) is 19.1 Å². The van der Waals surface area contributed by atoms with Gasteiger partial charge in [0.2, 0.25) is 0 Å². The van der Waals surface area contributed by atoms with Gasteiger partial charge in [-0.15, -0.1) is 0 Å². The second-order valence-electron chi connectivity index (χ2n) is 6.39. The molecule has 0 aliphatic rings. The van der Waals surface area contributed by atoms with Crippen molar-refractivity contribution in [2.75, 3.05) is 19.8 Å². The molecule has 0 aliphatic carbocycles. The largest absolute Gasteiger partial charge is 0.464 e. The van der Waals surface area contributed by atoms with Crippen LogP contribution < -0.4 is 0 Å². The van der Waals surface area contributed by atoms with Crippen molar-refractivity contribution in [3.63, 3.8) is 0 Å². The van der Waals surface area contributed by atoms with E-state index in [0.717, 1.165) is 0 Å². The Balaban J connectivity index is 5.62. The molecule has 0 bridgehead atoms. The molecule has 0 radical (unpaired) electrons. The Kier molecular flexibility index (Phi) is 7.74. The minimum Gasteiger partial charge on any atom is -0.464 e. The number of carbonyl (C=O) groups is 3. The van der Waals surface area contributed by atoms with Crippen LogP contribution in [0.3, 0.4) is 0 Å². The second-order valence-corrected chi connectivity index (χ2v) is 6.39. The molecule has 0 fully saturated rings. The maximum Gasteiger partial charge on any atom is 0.302 e. The van der Waals surface area contributed by atoms with E-state index in [1.165, 1.54) is 6.92 Å². The second kappa shape index (κ2) is 8.24. The Hall–Kier alpha value is -1.27. The first-order valence-corrected chi connectivity index (χ1v) is 7.01. The zero-order chi connectivity index (χ0) is 16.7. The standard InChI is InChI=1S/C15H26O6/c1-11(18)21-10-15(9-14(2,3)4,12(19)5-7-16)13(20)6-8-17/h16-17H,5-10H2,1-4H3. The maximum atomic E-state index is 12.4. The predicted molar refractivity (Wildman–Crippen MR) is 76.6 cm³/mol. The van der Waals surface area contributed by atoms with E-state index >= 15 is 0 Å². The van der Waals surface area contributed by atoms with Crippen LogP contribution in [0.4, 0.5) is 0 Å². The summed E-state index contributed by atoms with van der Waals surface area (Å²) in [5.41, 5.74) is -1.87. The lowest BCUT2D eigenvalue weighted by molar-refractivity contribution is -0.155. The van der Waals surface area contributed by atoms with Gasteiger partial charge in [-0.05, 0) is 11.8 Å². The Morgan fingerprint density at radius 1 is 0.952 bits per heavy atom. The van der Waals surface area contributed by atoms with Crippen LogP contribution in [0.5, 0.6) is 0 Å². The van der Waals surface area contributed by atoms with Crippen LogP contribution in [0, 0.1) is 10.8 Å². The number of aliphatic hydroxyl groups excluding tert-OH is 2. The summed E-state index contributed by atoms with van der Waals surface area (Å²) in [5.74, 6) is -1.50. The van der Waals surface area contributed by atoms with E-state index in [2.05, 4.69) is 0 Å². The average molecular weight is 302 g/mol. The highest BCUT2D eigenvalue weighted by molar-refractivity contribution is 6.07. The Morgan fingerprint density at radius 3 is 1.67 bits per heavy atom. The normalized spacial score (nSPS) is 12.1. The molecule has 2 N–H and O–H groups in total. The molecular formula is C15H26O6. The lowest BCUT2D eigenvalue weighted by Gasteiger charge is -2.35. The molecule has 0 heterocycles. The Labute approximate surface area is 125 Å². The third-order valence-electron chi connectivity index (χ3n) is 3.10. The fourth-order valence-corrected chi connectivity index (χ4v) is 2.38. The third-order valence-corrected chi connectivity index (χ3v) is 3.10. The number of rotatable bonds is 9. The number of aliphatic hydroxyl groups is 2. The molecule has 0 unspecified atom stereocenters. The minimum atomic E-state index is -1.50. The number of ketones is 2. The molecule has 0 aromatic carbocycles. The van der Waals surface area contributed by atoms with Crippen LogP contribution in [0.1, 0.15) is 47.0 Å². The summed E-state index contributed by atoms with van der Waals surface area (Å²) in [4.78, 5) is 35.9. The Bertz CT molecular complexity index is 362. The molecule has 0 aromatic rings. The maximum absolute atomic E-state index is 12.4. The molecule has 0 saturated heterocycles. The molecule has 122 valence electrons. The van der Waals surface area contributed by atoms with Crippen molar-refractivity contribution in [2.45, 2.75) is 47.0 Å². The number of hydrogen-bond acceptors (Lipinski definition) is 6. The summed E-state index contributed by atoms with van der Waals surface area (Å²) in [6.07, 6.45) is -0.187. The third kappa shape index (κ3) is 6.35. The molecule has 0 saturated carbocycles. The van der Waals surface area contributed by atoms with E-state index in [4.69, 9.17) is 14.9 Å². The summed E-state index contributed by atoms with van der Waals surface area (Å²) >= 11 is 0. The molecule has 6 nitrogen and oxygen atoms in total. The lowest BCUT2D eigenvalue weighted by atomic mass is 9.67. The van der Waals surface area contributed by atoms with Gasteiger partial charge in [0.1, 0.15) is 12.0 Å². The zero-order valence-electron chi connectivity index (χ0n) is 13.3. The van der Waals surface area contributed by atoms with Crippen LogP contribution in [0.25, 0.3) is 0 Å². The topological polar surface area (TPSA) is 101 Å². The van der Waals surface area contributed by atoms with Crippen molar-refractivity contribution in [3.8, 4) is 0 Å². The molecule has 0 aromatic heterocycles. The van der Waals surface area contributed by atoms with Gasteiger partial charge >= 0.3 is 5.97 Å². The van der Waals surface area contributed by atoms with Crippen molar-refractivity contribution in [1.82, 2.24) is 0 Å². The number of ether oxygens (including phenoxy) is 1. The SMILES string of the molecule is CC(=O)OCC(CC(C)(C)C)(C(=O)CCO)C(=O)CCO. The van der Waals surface area contributed by atoms with E-state index in [1.807, 2.05) is 20.8 Å². The first-order chi connectivity index (χ1) is 9.59. The molecule has 0 rings (SSSR count). The first-order valence-electron chi connectivity index (χ1n) is 7.01. The van der Waals surface area contributed by atoms with Gasteiger partial charge in [0.05, 0.1) is 0 Å². The van der Waals surface area contributed by atoms with Crippen molar-refractivity contribution in [3.05, 3.63) is 0 Å². The van der Waals surface area contributed by atoms with Gasteiger partial charge in [0, 0.05) is 33.0 Å². The van der Waals surface area contributed by atoms with Gasteiger partial charge in [-0.3, -0.25) is 14.4 Å². The Morgan fingerprint density at radius 2 is 1.38 bits per heavy atom. The van der Waals surface area contributed by atoms with E-state index < -0.39 is 23.0 Å². The van der Waals surface area contributed by atoms with Crippen LogP contribution in [0.15, 0.2) is 0 Å². The van der Waals surface area contributed by atoms with Crippen molar-refractivity contribution >= 4 is 17.5 Å². The van der Waals surface area contributed by atoms with Gasteiger partial charge < -0.3 is 14.9 Å². The van der Waals surface area contributed by atoms with Gasteiger partial charge in [-0.2, -0.15) is 0 Å². The number of esters is 1. The van der Waals surface area contributed by atoms with Gasteiger partial charge in [0.15, 0.2) is 11.6 Å². The van der Waals surface area contributed by atoms with Crippen molar-refractivity contribution < 1.29 is 29.3 Å². The molecule has 0 spiro atoms. The van der Waals surface area contributed by atoms with E-state index in [-0.39, 0.29) is 44.5 Å². The number of hydrogen-bond donors (Lipinski definition) is 2. The molecule has 21 heavy (non-hydrogen) atoms. The first kappa shape index (κ1) is 19.7. The number of Topliss-reactive ketones (excluding diaryl/α,β-unsaturated/α-hetero) is 2. The molecule has 6 heteroatoms. The van der Waals surface area contributed by atoms with Gasteiger partial charge in [0.25, 0.3) is 0 Å². The predicted octanol–water partition coefficient (Wildman–Crippen LogP) is 0.875. The molecule has 0 atom stereocenters. The number of carbonyl (C=O) groups excluding carboxylic acids is 3. The van der Waals surface area contributed by atoms with E-state index in [9.17, 15) is 14.4 Å². The lowest BCUT2D eigenvalue weighted by Crippen LogP contribution is -2.47. The highest BCUT2D eigenvalue weighted by Gasteiger charge is 2.47. The van der Waals surface area contributed by atoms with Crippen molar-refractivity contribution in [1.29, 1.82) is 0 Å². The van der Waals surface area contributed by atoms with E-state index in [0.29, 0.717) is 0 Å². The van der Waals surface area contributed by atoms with Gasteiger partial charge in [-0.1, -0.05) is 20.8 Å². The molecule has 0 amide bonds. The summed E-state index contributed by atoms with van der Waals surface area (Å²) in [5, 5.41) is 18.0. The van der Waals surface area contributed by atoms with Crippen LogP contribution >= 0.6 is 0 Å². The van der Waals surface area contributed by atoms with Crippen molar-refractivity contribution in [2.24, 2.45) is 10.8 Å². The summed E-state index contributed by atoms with van der Waals surface area (Å²) in [7, 11) is 0. The fourth-order valence-electron chi connectivity index (χ4n) is 2.38. The van der Waals surface area contributed by atoms with Crippen LogP contribution in [-0.4, -0.2) is 47.6 Å².